The quantitative estimate of drug-likeness (QED) is 0.839. The number of carbonyl (C=O) groups excluding carboxylic acids is 1. The second-order valence-electron chi connectivity index (χ2n) is 6.22. The molecule has 1 rings (SSSR count). The van der Waals surface area contributed by atoms with Gasteiger partial charge >= 0.3 is 6.09 Å². The molecule has 0 aliphatic heterocycles. The van der Waals surface area contributed by atoms with E-state index in [2.05, 4.69) is 21.2 Å². The maximum absolute atomic E-state index is 11.9. The topological polar surface area (TPSA) is 47.6 Å². The lowest BCUT2D eigenvalue weighted by Crippen LogP contribution is -2.34. The van der Waals surface area contributed by atoms with Crippen LogP contribution in [0.25, 0.3) is 0 Å². The highest BCUT2D eigenvalue weighted by Crippen LogP contribution is 2.29. The highest BCUT2D eigenvalue weighted by molar-refractivity contribution is 9.10. The fourth-order valence-corrected chi connectivity index (χ4v) is 2.12. The Kier molecular flexibility index (Phi) is 6.08. The predicted molar refractivity (Wildman–Crippen MR) is 87.7 cm³/mol. The fraction of sp³-hybridized carbons (Fsp3) is 0.562. The maximum atomic E-state index is 11.9. The summed E-state index contributed by atoms with van der Waals surface area (Å²) in [6.45, 7) is 11.4. The first-order valence-electron chi connectivity index (χ1n) is 7.04. The zero-order valence-corrected chi connectivity index (χ0v) is 15.1. The lowest BCUT2D eigenvalue weighted by Gasteiger charge is -2.23. The molecule has 1 amide bonds. The predicted octanol–water partition coefficient (Wildman–Crippen LogP) is 4.82. The lowest BCUT2D eigenvalue weighted by molar-refractivity contribution is 0.0507. The van der Waals surface area contributed by atoms with E-state index in [-0.39, 0.29) is 12.1 Å². The number of carbonyl (C=O) groups is 1. The third-order valence-electron chi connectivity index (χ3n) is 2.54. The van der Waals surface area contributed by atoms with Crippen molar-refractivity contribution in [1.82, 2.24) is 5.32 Å². The Bertz CT molecular complexity index is 495. The van der Waals surface area contributed by atoms with Gasteiger partial charge in [0, 0.05) is 10.0 Å². The number of amides is 1. The van der Waals surface area contributed by atoms with Crippen LogP contribution in [0.3, 0.4) is 0 Å². The Hall–Kier alpha value is -1.23. The van der Waals surface area contributed by atoms with E-state index in [1.54, 1.807) is 0 Å². The molecule has 0 aromatic heterocycles. The summed E-state index contributed by atoms with van der Waals surface area (Å²) in [5, 5.41) is 2.83. The summed E-state index contributed by atoms with van der Waals surface area (Å²) in [5.41, 5.74) is 0.401. The molecule has 0 saturated heterocycles. The van der Waals surface area contributed by atoms with E-state index < -0.39 is 11.7 Å². The molecule has 118 valence electrons. The number of alkyl carbamates (subject to hydrolysis) is 1. The molecule has 5 heteroatoms. The van der Waals surface area contributed by atoms with Crippen LogP contribution in [0.15, 0.2) is 22.7 Å². The molecule has 0 saturated carbocycles. The van der Waals surface area contributed by atoms with Gasteiger partial charge in [0.25, 0.3) is 0 Å². The van der Waals surface area contributed by atoms with Crippen molar-refractivity contribution >= 4 is 22.0 Å². The van der Waals surface area contributed by atoms with Crippen molar-refractivity contribution in [3.05, 3.63) is 28.2 Å². The molecule has 0 aliphatic rings. The minimum Gasteiger partial charge on any atom is -0.491 e. The van der Waals surface area contributed by atoms with Crippen LogP contribution < -0.4 is 10.1 Å². The summed E-state index contributed by atoms with van der Waals surface area (Å²) in [6, 6.07) is 5.56. The van der Waals surface area contributed by atoms with Gasteiger partial charge < -0.3 is 14.8 Å². The summed E-state index contributed by atoms with van der Waals surface area (Å²) < 4.78 is 12.0. The van der Waals surface area contributed by atoms with Crippen LogP contribution in [0.1, 0.15) is 53.1 Å². The van der Waals surface area contributed by atoms with E-state index in [1.807, 2.05) is 59.7 Å². The molecule has 21 heavy (non-hydrogen) atoms. The zero-order valence-electron chi connectivity index (χ0n) is 13.5. The van der Waals surface area contributed by atoms with Gasteiger partial charge in [0.1, 0.15) is 11.4 Å². The summed E-state index contributed by atoms with van der Waals surface area (Å²) in [6.07, 6.45) is -0.375. The second-order valence-corrected chi connectivity index (χ2v) is 7.13. The Labute approximate surface area is 135 Å². The first-order valence-corrected chi connectivity index (χ1v) is 7.83. The molecule has 0 heterocycles. The molecule has 1 aromatic carbocycles. The van der Waals surface area contributed by atoms with E-state index in [9.17, 15) is 4.79 Å². The van der Waals surface area contributed by atoms with Crippen LogP contribution in [0.4, 0.5) is 4.79 Å². The molecule has 0 radical (unpaired) electrons. The van der Waals surface area contributed by atoms with Crippen molar-refractivity contribution in [3.63, 3.8) is 0 Å². The fourth-order valence-electron chi connectivity index (χ4n) is 1.78. The summed E-state index contributed by atoms with van der Waals surface area (Å²) >= 11 is 3.43. The number of benzene rings is 1. The summed E-state index contributed by atoms with van der Waals surface area (Å²) in [4.78, 5) is 11.9. The van der Waals surface area contributed by atoms with Gasteiger partial charge in [-0.2, -0.15) is 0 Å². The van der Waals surface area contributed by atoms with Crippen molar-refractivity contribution in [3.8, 4) is 5.75 Å². The van der Waals surface area contributed by atoms with Crippen LogP contribution in [-0.2, 0) is 4.74 Å². The Morgan fingerprint density at radius 1 is 1.24 bits per heavy atom. The molecule has 0 spiro atoms. The number of hydrogen-bond acceptors (Lipinski definition) is 3. The molecular weight excluding hydrogens is 334 g/mol. The molecule has 1 aromatic rings. The van der Waals surface area contributed by atoms with Crippen LogP contribution in [-0.4, -0.2) is 17.8 Å². The Morgan fingerprint density at radius 3 is 2.38 bits per heavy atom. The van der Waals surface area contributed by atoms with Gasteiger partial charge in [0.15, 0.2) is 0 Å². The smallest absolute Gasteiger partial charge is 0.408 e. The van der Waals surface area contributed by atoms with Crippen molar-refractivity contribution < 1.29 is 14.3 Å². The lowest BCUT2D eigenvalue weighted by atomic mass is 10.1. The van der Waals surface area contributed by atoms with Gasteiger partial charge in [0.2, 0.25) is 0 Å². The highest BCUT2D eigenvalue weighted by atomic mass is 79.9. The average Bonchev–Trinajstić information content (AvgIpc) is 2.24. The molecule has 0 bridgehead atoms. The number of ether oxygens (including phenoxy) is 2. The van der Waals surface area contributed by atoms with E-state index in [0.717, 1.165) is 15.8 Å². The van der Waals surface area contributed by atoms with Gasteiger partial charge in [-0.3, -0.25) is 0 Å². The van der Waals surface area contributed by atoms with E-state index in [4.69, 9.17) is 9.47 Å². The highest BCUT2D eigenvalue weighted by Gasteiger charge is 2.20. The Balaban J connectivity index is 2.86. The number of nitrogens with one attached hydrogen (secondary N) is 1. The number of hydrogen-bond donors (Lipinski definition) is 1. The SMILES string of the molecule is CC(C)Oc1cc(Br)ccc1C(C)NC(=O)OC(C)(C)C. The van der Waals surface area contributed by atoms with Crippen LogP contribution in [0.2, 0.25) is 0 Å². The molecule has 1 atom stereocenters. The molecule has 0 fully saturated rings. The van der Waals surface area contributed by atoms with Crippen molar-refractivity contribution in [2.45, 2.75) is 59.3 Å². The van der Waals surface area contributed by atoms with Crippen molar-refractivity contribution in [2.24, 2.45) is 0 Å². The third kappa shape index (κ3) is 6.38. The molecule has 4 nitrogen and oxygen atoms in total. The van der Waals surface area contributed by atoms with Gasteiger partial charge in [0.05, 0.1) is 12.1 Å². The zero-order chi connectivity index (χ0) is 16.2. The average molecular weight is 358 g/mol. The Morgan fingerprint density at radius 2 is 1.86 bits per heavy atom. The van der Waals surface area contributed by atoms with Gasteiger partial charge in [-0.15, -0.1) is 0 Å². The molecule has 0 aliphatic carbocycles. The minimum atomic E-state index is -0.513. The van der Waals surface area contributed by atoms with Crippen molar-refractivity contribution in [2.75, 3.05) is 0 Å². The van der Waals surface area contributed by atoms with Crippen LogP contribution in [0, 0.1) is 0 Å². The van der Waals surface area contributed by atoms with E-state index >= 15 is 0 Å². The monoisotopic (exact) mass is 357 g/mol. The second kappa shape index (κ2) is 7.16. The van der Waals surface area contributed by atoms with Crippen LogP contribution in [0.5, 0.6) is 5.75 Å². The van der Waals surface area contributed by atoms with Gasteiger partial charge in [-0.1, -0.05) is 22.0 Å². The first kappa shape index (κ1) is 17.8. The number of rotatable bonds is 4. The van der Waals surface area contributed by atoms with Crippen molar-refractivity contribution in [1.29, 1.82) is 0 Å². The van der Waals surface area contributed by atoms with Crippen LogP contribution >= 0.6 is 15.9 Å². The van der Waals surface area contributed by atoms with E-state index in [1.165, 1.54) is 0 Å². The van der Waals surface area contributed by atoms with Gasteiger partial charge in [-0.05, 0) is 53.7 Å². The third-order valence-corrected chi connectivity index (χ3v) is 3.03. The summed E-state index contributed by atoms with van der Waals surface area (Å²) in [5.74, 6) is 0.753. The first-order chi connectivity index (χ1) is 9.58. The standard InChI is InChI=1S/C16H24BrNO3/c1-10(2)20-14-9-12(17)7-8-13(14)11(3)18-15(19)21-16(4,5)6/h7-11H,1-6H3,(H,18,19). The molecular formula is C16H24BrNO3. The van der Waals surface area contributed by atoms with E-state index in [0.29, 0.717) is 0 Å². The summed E-state index contributed by atoms with van der Waals surface area (Å²) in [7, 11) is 0. The number of halogens is 1. The maximum Gasteiger partial charge on any atom is 0.408 e. The minimum absolute atomic E-state index is 0.0618. The normalized spacial score (nSPS) is 13.0. The molecule has 1 N–H and O–H groups in total. The van der Waals surface area contributed by atoms with Gasteiger partial charge in [-0.25, -0.2) is 4.79 Å². The molecule has 1 unspecified atom stereocenters. The largest absolute Gasteiger partial charge is 0.491 e.